The normalized spacial score (nSPS) is 12.1. The molecule has 100 valence electrons. The van der Waals surface area contributed by atoms with E-state index in [1.165, 1.54) is 17.3 Å². The van der Waals surface area contributed by atoms with Gasteiger partial charge in [-0.25, -0.2) is 9.97 Å². The van der Waals surface area contributed by atoms with Gasteiger partial charge in [0.15, 0.2) is 11.5 Å². The molecule has 0 fully saturated rings. The summed E-state index contributed by atoms with van der Waals surface area (Å²) < 4.78 is 0. The average Bonchev–Trinajstić information content (AvgIpc) is 2.89. The lowest BCUT2D eigenvalue weighted by Crippen LogP contribution is -2.30. The second-order valence-electron chi connectivity index (χ2n) is 4.39. The first-order valence-electron chi connectivity index (χ1n) is 6.04. The maximum absolute atomic E-state index is 11.9. The van der Waals surface area contributed by atoms with Gasteiger partial charge in [-0.2, -0.15) is 0 Å². The molecule has 0 aliphatic carbocycles. The van der Waals surface area contributed by atoms with Crippen molar-refractivity contribution >= 4 is 23.1 Å². The fraction of sp³-hybridized carbons (Fsp3) is 0.308. The molecule has 0 bridgehead atoms. The molecular formula is C13H16N4OS. The number of nitrogen functional groups attached to an aromatic ring is 1. The largest absolute Gasteiger partial charge is 0.382 e. The predicted molar refractivity (Wildman–Crippen MR) is 76.0 cm³/mol. The molecule has 1 unspecified atom stereocenters. The highest BCUT2D eigenvalue weighted by atomic mass is 32.1. The van der Waals surface area contributed by atoms with E-state index >= 15 is 0 Å². The van der Waals surface area contributed by atoms with Crippen LogP contribution >= 0.6 is 11.3 Å². The Morgan fingerprint density at radius 2 is 2.26 bits per heavy atom. The molecule has 0 saturated carbocycles. The summed E-state index contributed by atoms with van der Waals surface area (Å²) in [5, 5.41) is 4.89. The minimum atomic E-state index is -0.274. The summed E-state index contributed by atoms with van der Waals surface area (Å²) in [6, 6.07) is 4.13. The molecule has 0 radical (unpaired) electrons. The van der Waals surface area contributed by atoms with E-state index in [4.69, 9.17) is 5.73 Å². The van der Waals surface area contributed by atoms with Gasteiger partial charge in [0, 0.05) is 23.8 Å². The van der Waals surface area contributed by atoms with Crippen LogP contribution in [-0.2, 0) is 6.42 Å². The molecule has 0 spiro atoms. The van der Waals surface area contributed by atoms with Crippen LogP contribution < -0.4 is 11.1 Å². The van der Waals surface area contributed by atoms with E-state index in [1.54, 1.807) is 11.3 Å². The fourth-order valence-electron chi connectivity index (χ4n) is 1.72. The molecule has 19 heavy (non-hydrogen) atoms. The van der Waals surface area contributed by atoms with Crippen LogP contribution in [0, 0.1) is 5.92 Å². The van der Waals surface area contributed by atoms with E-state index in [1.807, 2.05) is 6.07 Å². The fourth-order valence-corrected chi connectivity index (χ4v) is 2.59. The van der Waals surface area contributed by atoms with Crippen molar-refractivity contribution in [1.82, 2.24) is 15.3 Å². The molecule has 0 saturated heterocycles. The van der Waals surface area contributed by atoms with Crippen molar-refractivity contribution in [3.8, 4) is 0 Å². The lowest BCUT2D eigenvalue weighted by Gasteiger charge is -2.11. The summed E-state index contributed by atoms with van der Waals surface area (Å²) in [7, 11) is 0. The third-order valence-electron chi connectivity index (χ3n) is 2.68. The molecule has 5 nitrogen and oxygen atoms in total. The lowest BCUT2D eigenvalue weighted by molar-refractivity contribution is 0.0943. The van der Waals surface area contributed by atoms with Gasteiger partial charge in [-0.3, -0.25) is 4.79 Å². The minimum absolute atomic E-state index is 0.158. The van der Waals surface area contributed by atoms with Gasteiger partial charge in [0.05, 0.1) is 0 Å². The van der Waals surface area contributed by atoms with Crippen LogP contribution in [0.1, 0.15) is 22.3 Å². The van der Waals surface area contributed by atoms with Gasteiger partial charge in [0.2, 0.25) is 0 Å². The maximum atomic E-state index is 11.9. The summed E-state index contributed by atoms with van der Waals surface area (Å²) in [4.78, 5) is 21.0. The Labute approximate surface area is 115 Å². The molecule has 2 rings (SSSR count). The Kier molecular flexibility index (Phi) is 4.46. The molecule has 6 heteroatoms. The SMILES string of the molecule is CC(CNC(=O)c1nccnc1N)Cc1cccs1. The molecule has 2 aromatic heterocycles. The molecule has 3 N–H and O–H groups in total. The minimum Gasteiger partial charge on any atom is -0.382 e. The van der Waals surface area contributed by atoms with Crippen molar-refractivity contribution in [1.29, 1.82) is 0 Å². The van der Waals surface area contributed by atoms with Crippen molar-refractivity contribution in [2.75, 3.05) is 12.3 Å². The van der Waals surface area contributed by atoms with E-state index in [0.29, 0.717) is 12.5 Å². The van der Waals surface area contributed by atoms with Gasteiger partial charge in [-0.15, -0.1) is 11.3 Å². The molecule has 2 heterocycles. The van der Waals surface area contributed by atoms with Crippen LogP contribution in [0.25, 0.3) is 0 Å². The number of hydrogen-bond acceptors (Lipinski definition) is 5. The third-order valence-corrected chi connectivity index (χ3v) is 3.58. The Balaban J connectivity index is 1.85. The number of thiophene rings is 1. The van der Waals surface area contributed by atoms with Gasteiger partial charge in [-0.1, -0.05) is 13.0 Å². The van der Waals surface area contributed by atoms with Gasteiger partial charge < -0.3 is 11.1 Å². The predicted octanol–water partition coefficient (Wildman–Crippen LogP) is 1.73. The zero-order chi connectivity index (χ0) is 13.7. The number of carbonyl (C=O) groups excluding carboxylic acids is 1. The molecule has 0 aromatic carbocycles. The first-order valence-corrected chi connectivity index (χ1v) is 6.92. The number of nitrogens with zero attached hydrogens (tertiary/aromatic N) is 2. The monoisotopic (exact) mass is 276 g/mol. The summed E-state index contributed by atoms with van der Waals surface area (Å²) in [6.07, 6.45) is 3.87. The van der Waals surface area contributed by atoms with Gasteiger partial charge in [0.25, 0.3) is 5.91 Å². The van der Waals surface area contributed by atoms with E-state index in [0.717, 1.165) is 6.42 Å². The molecule has 0 aliphatic rings. The van der Waals surface area contributed by atoms with Gasteiger partial charge in [0.1, 0.15) is 0 Å². The third kappa shape index (κ3) is 3.75. The van der Waals surface area contributed by atoms with Crippen LogP contribution in [0.4, 0.5) is 5.82 Å². The Bertz CT molecular complexity index is 541. The Morgan fingerprint density at radius 3 is 2.95 bits per heavy atom. The number of rotatable bonds is 5. The van der Waals surface area contributed by atoms with Crippen molar-refractivity contribution < 1.29 is 4.79 Å². The topological polar surface area (TPSA) is 80.9 Å². The molecule has 0 aliphatic heterocycles. The van der Waals surface area contributed by atoms with Crippen molar-refractivity contribution in [2.24, 2.45) is 5.92 Å². The van der Waals surface area contributed by atoms with E-state index in [2.05, 4.69) is 33.7 Å². The maximum Gasteiger partial charge on any atom is 0.273 e. The first-order chi connectivity index (χ1) is 9.16. The van der Waals surface area contributed by atoms with Crippen LogP contribution in [0.5, 0.6) is 0 Å². The number of nitrogens with one attached hydrogen (secondary N) is 1. The lowest BCUT2D eigenvalue weighted by atomic mass is 10.1. The quantitative estimate of drug-likeness (QED) is 0.871. The van der Waals surface area contributed by atoms with Gasteiger partial charge >= 0.3 is 0 Å². The highest BCUT2D eigenvalue weighted by Gasteiger charge is 2.13. The van der Waals surface area contributed by atoms with Crippen LogP contribution in [0.15, 0.2) is 29.9 Å². The smallest absolute Gasteiger partial charge is 0.273 e. The van der Waals surface area contributed by atoms with E-state index in [-0.39, 0.29) is 17.4 Å². The number of anilines is 1. The van der Waals surface area contributed by atoms with Crippen LogP contribution in [0.3, 0.4) is 0 Å². The van der Waals surface area contributed by atoms with Crippen molar-refractivity contribution in [3.05, 3.63) is 40.5 Å². The Morgan fingerprint density at radius 1 is 1.47 bits per heavy atom. The van der Waals surface area contributed by atoms with E-state index < -0.39 is 0 Å². The number of carbonyl (C=O) groups is 1. The second-order valence-corrected chi connectivity index (χ2v) is 5.42. The molecule has 1 atom stereocenters. The van der Waals surface area contributed by atoms with Crippen molar-refractivity contribution in [3.63, 3.8) is 0 Å². The zero-order valence-corrected chi connectivity index (χ0v) is 11.5. The summed E-state index contributed by atoms with van der Waals surface area (Å²) >= 11 is 1.73. The highest BCUT2D eigenvalue weighted by molar-refractivity contribution is 7.09. The molecule has 1 amide bonds. The second kappa shape index (κ2) is 6.29. The number of amides is 1. The molecular weight excluding hydrogens is 260 g/mol. The summed E-state index contributed by atoms with van der Waals surface area (Å²) in [5.41, 5.74) is 5.79. The van der Waals surface area contributed by atoms with Crippen molar-refractivity contribution in [2.45, 2.75) is 13.3 Å². The highest BCUT2D eigenvalue weighted by Crippen LogP contribution is 2.14. The molecule has 2 aromatic rings. The number of nitrogens with two attached hydrogens (primary N) is 1. The average molecular weight is 276 g/mol. The summed E-state index contributed by atoms with van der Waals surface area (Å²) in [5.74, 6) is 0.245. The number of hydrogen-bond donors (Lipinski definition) is 2. The zero-order valence-electron chi connectivity index (χ0n) is 10.7. The summed E-state index contributed by atoms with van der Waals surface area (Å²) in [6.45, 7) is 2.69. The van der Waals surface area contributed by atoms with E-state index in [9.17, 15) is 4.79 Å². The number of aromatic nitrogens is 2. The standard InChI is InChI=1S/C13H16N4OS/c1-9(7-10-3-2-6-19-10)8-17-13(18)11-12(14)16-5-4-15-11/h2-6,9H,7-8H2,1H3,(H2,14,16)(H,17,18). The van der Waals surface area contributed by atoms with Crippen LogP contribution in [-0.4, -0.2) is 22.4 Å². The van der Waals surface area contributed by atoms with Crippen LogP contribution in [0.2, 0.25) is 0 Å². The Hall–Kier alpha value is -1.95. The van der Waals surface area contributed by atoms with Gasteiger partial charge in [-0.05, 0) is 23.8 Å². The first kappa shape index (κ1) is 13.5.